The number of methoxy groups -OCH3 is 1. The molecule has 0 aromatic rings. The minimum atomic E-state index is -0.555. The van der Waals surface area contributed by atoms with Gasteiger partial charge in [-0.15, -0.1) is 0 Å². The first-order valence-corrected chi connectivity index (χ1v) is 4.41. The van der Waals surface area contributed by atoms with Crippen molar-refractivity contribution in [1.82, 2.24) is 5.32 Å². The second-order valence-corrected chi connectivity index (χ2v) is 3.15. The number of carbonyl (C=O) groups excluding carboxylic acids is 2. The van der Waals surface area contributed by atoms with Gasteiger partial charge in [0, 0.05) is 7.34 Å². The summed E-state index contributed by atoms with van der Waals surface area (Å²) in [6, 6.07) is -0.424. The second-order valence-electron chi connectivity index (χ2n) is 3.15. The molecule has 0 heterocycles. The molecule has 0 aromatic heterocycles. The predicted octanol–water partition coefficient (Wildman–Crippen LogP) is 1.59. The number of Topliss-reactive ketones (excluding diaryl/α,β-unsaturated/α-hetero) is 1. The quantitative estimate of drug-likeness (QED) is 0.730. The molecule has 0 rings (SSSR count). The lowest BCUT2D eigenvalue weighted by Gasteiger charge is -2.16. The van der Waals surface area contributed by atoms with Gasteiger partial charge in [0.15, 0.2) is 5.78 Å². The molecule has 0 saturated carbocycles. The van der Waals surface area contributed by atoms with Gasteiger partial charge in [-0.3, -0.25) is 4.79 Å². The van der Waals surface area contributed by atoms with Crippen molar-refractivity contribution >= 4 is 11.9 Å². The Balaban J connectivity index is 0. The van der Waals surface area contributed by atoms with Gasteiger partial charge in [-0.25, -0.2) is 4.79 Å². The molecule has 4 nitrogen and oxygen atoms in total. The third-order valence-corrected chi connectivity index (χ3v) is 1.80. The molecule has 1 N–H and O–H groups in total. The predicted molar refractivity (Wildman–Crippen MR) is 51.6 cm³/mol. The standard InChI is InChI=1S/C9H17NO3.H2/c1-5-7(8(11)6(2)3)10-9(12)13-4;/h6-7H,5H2,1-4H3,(H,10,12);1H. The Hall–Kier alpha value is -1.06. The largest absolute Gasteiger partial charge is 0.453 e. The summed E-state index contributed by atoms with van der Waals surface area (Å²) in [5.41, 5.74) is 0. The summed E-state index contributed by atoms with van der Waals surface area (Å²) in [5.74, 6) is -0.0324. The number of rotatable bonds is 4. The van der Waals surface area contributed by atoms with Crippen molar-refractivity contribution in [2.24, 2.45) is 5.92 Å². The third-order valence-electron chi connectivity index (χ3n) is 1.80. The van der Waals surface area contributed by atoms with Gasteiger partial charge >= 0.3 is 6.09 Å². The molecule has 0 saturated heterocycles. The van der Waals surface area contributed by atoms with Crippen molar-refractivity contribution in [2.75, 3.05) is 7.11 Å². The van der Waals surface area contributed by atoms with Crippen LogP contribution in [0.25, 0.3) is 0 Å². The first-order chi connectivity index (χ1) is 6.02. The molecule has 0 aliphatic rings. The lowest BCUT2D eigenvalue weighted by atomic mass is 10.0. The summed E-state index contributed by atoms with van der Waals surface area (Å²) < 4.78 is 4.41. The Labute approximate surface area is 80.1 Å². The topological polar surface area (TPSA) is 55.4 Å². The second kappa shape index (κ2) is 5.56. The van der Waals surface area contributed by atoms with Crippen molar-refractivity contribution in [3.05, 3.63) is 0 Å². The van der Waals surface area contributed by atoms with E-state index in [-0.39, 0.29) is 13.1 Å². The number of ether oxygens (including phenoxy) is 1. The monoisotopic (exact) mass is 189 g/mol. The maximum absolute atomic E-state index is 11.5. The van der Waals surface area contributed by atoms with E-state index in [9.17, 15) is 9.59 Å². The van der Waals surface area contributed by atoms with Gasteiger partial charge in [0.05, 0.1) is 13.2 Å². The van der Waals surface area contributed by atoms with E-state index in [0.29, 0.717) is 6.42 Å². The first kappa shape index (κ1) is 11.9. The van der Waals surface area contributed by atoms with Gasteiger partial charge in [0.25, 0.3) is 0 Å². The number of nitrogens with one attached hydrogen (secondary N) is 1. The molecule has 0 aliphatic heterocycles. The van der Waals surface area contributed by atoms with Crippen LogP contribution in [-0.4, -0.2) is 25.0 Å². The average molecular weight is 189 g/mol. The summed E-state index contributed by atoms with van der Waals surface area (Å²) in [4.78, 5) is 22.3. The lowest BCUT2D eigenvalue weighted by molar-refractivity contribution is -0.123. The molecule has 0 fully saturated rings. The van der Waals surface area contributed by atoms with Crippen LogP contribution in [0.15, 0.2) is 0 Å². The number of alkyl carbamates (subject to hydrolysis) is 1. The van der Waals surface area contributed by atoms with E-state index in [4.69, 9.17) is 0 Å². The van der Waals surface area contributed by atoms with Gasteiger partial charge in [0.2, 0.25) is 0 Å². The number of hydrogen-bond acceptors (Lipinski definition) is 3. The molecule has 1 atom stereocenters. The van der Waals surface area contributed by atoms with Gasteiger partial charge in [-0.2, -0.15) is 0 Å². The van der Waals surface area contributed by atoms with E-state index in [2.05, 4.69) is 10.1 Å². The summed E-state index contributed by atoms with van der Waals surface area (Å²) in [6.45, 7) is 5.47. The fraction of sp³-hybridized carbons (Fsp3) is 0.778. The molecule has 0 aliphatic carbocycles. The molecule has 0 bridgehead atoms. The molecule has 1 unspecified atom stereocenters. The fourth-order valence-corrected chi connectivity index (χ4v) is 0.978. The maximum Gasteiger partial charge on any atom is 0.407 e. The molecule has 78 valence electrons. The third kappa shape index (κ3) is 3.92. The van der Waals surface area contributed by atoms with Crippen LogP contribution in [0.3, 0.4) is 0 Å². The highest BCUT2D eigenvalue weighted by atomic mass is 16.5. The first-order valence-electron chi connectivity index (χ1n) is 4.41. The van der Waals surface area contributed by atoms with Crippen LogP contribution < -0.4 is 5.32 Å². The van der Waals surface area contributed by atoms with Crippen molar-refractivity contribution in [3.8, 4) is 0 Å². The van der Waals surface area contributed by atoms with Gasteiger partial charge in [-0.05, 0) is 6.42 Å². The molecular weight excluding hydrogens is 170 g/mol. The molecule has 0 spiro atoms. The molecular formula is C9H19NO3. The summed E-state index contributed by atoms with van der Waals surface area (Å²) in [5, 5.41) is 2.49. The van der Waals surface area contributed by atoms with Crippen LogP contribution in [0.5, 0.6) is 0 Å². The van der Waals surface area contributed by atoms with E-state index < -0.39 is 12.1 Å². The fourth-order valence-electron chi connectivity index (χ4n) is 0.978. The van der Waals surface area contributed by atoms with Crippen LogP contribution in [0, 0.1) is 5.92 Å². The van der Waals surface area contributed by atoms with E-state index in [1.807, 2.05) is 20.8 Å². The lowest BCUT2D eigenvalue weighted by Crippen LogP contribution is -2.42. The van der Waals surface area contributed by atoms with E-state index in [1.165, 1.54) is 7.11 Å². The van der Waals surface area contributed by atoms with Crippen LogP contribution >= 0.6 is 0 Å². The van der Waals surface area contributed by atoms with Crippen LogP contribution in [0.2, 0.25) is 0 Å². The van der Waals surface area contributed by atoms with Crippen LogP contribution in [0.1, 0.15) is 28.6 Å². The molecule has 0 aromatic carbocycles. The summed E-state index contributed by atoms with van der Waals surface area (Å²) in [7, 11) is 1.28. The van der Waals surface area contributed by atoms with Crippen LogP contribution in [-0.2, 0) is 9.53 Å². The Morgan fingerprint density at radius 3 is 2.31 bits per heavy atom. The number of amides is 1. The van der Waals surface area contributed by atoms with Gasteiger partial charge in [0.1, 0.15) is 0 Å². The van der Waals surface area contributed by atoms with E-state index >= 15 is 0 Å². The van der Waals surface area contributed by atoms with Crippen LogP contribution in [0.4, 0.5) is 4.79 Å². The van der Waals surface area contributed by atoms with Gasteiger partial charge < -0.3 is 10.1 Å². The highest BCUT2D eigenvalue weighted by Gasteiger charge is 2.21. The van der Waals surface area contributed by atoms with E-state index in [1.54, 1.807) is 0 Å². The highest BCUT2D eigenvalue weighted by molar-refractivity contribution is 5.88. The SMILES string of the molecule is CCC(NC(=O)OC)C(=O)C(C)C.[HH]. The maximum atomic E-state index is 11.5. The number of ketones is 1. The minimum Gasteiger partial charge on any atom is -0.453 e. The summed E-state index contributed by atoms with van der Waals surface area (Å²) in [6.07, 6.45) is 0.0346. The van der Waals surface area contributed by atoms with Gasteiger partial charge in [-0.1, -0.05) is 20.8 Å². The normalized spacial score (nSPS) is 12.4. The van der Waals surface area contributed by atoms with E-state index in [0.717, 1.165) is 0 Å². The smallest absolute Gasteiger partial charge is 0.407 e. The molecule has 13 heavy (non-hydrogen) atoms. The van der Waals surface area contributed by atoms with Crippen molar-refractivity contribution in [3.63, 3.8) is 0 Å². The van der Waals surface area contributed by atoms with Crippen molar-refractivity contribution in [2.45, 2.75) is 33.2 Å². The Morgan fingerprint density at radius 1 is 1.46 bits per heavy atom. The highest BCUT2D eigenvalue weighted by Crippen LogP contribution is 2.03. The molecule has 0 radical (unpaired) electrons. The number of carbonyl (C=O) groups is 2. The Morgan fingerprint density at radius 2 is 2.00 bits per heavy atom. The van der Waals surface area contributed by atoms with Crippen molar-refractivity contribution in [1.29, 1.82) is 0 Å². The number of hydrogen-bond donors (Lipinski definition) is 1. The molecule has 4 heteroatoms. The van der Waals surface area contributed by atoms with Crippen molar-refractivity contribution < 1.29 is 15.8 Å². The Kier molecular flexibility index (Phi) is 5.11. The zero-order valence-corrected chi connectivity index (χ0v) is 8.59. The Bertz CT molecular complexity index is 194. The average Bonchev–Trinajstić information content (AvgIpc) is 2.12. The molecule has 1 amide bonds. The minimum absolute atomic E-state index is 0. The zero-order chi connectivity index (χ0) is 10.4. The zero-order valence-electron chi connectivity index (χ0n) is 8.59. The summed E-state index contributed by atoms with van der Waals surface area (Å²) >= 11 is 0.